The third-order valence-electron chi connectivity index (χ3n) is 1.89. The zero-order valence-corrected chi connectivity index (χ0v) is 8.06. The molecule has 0 fully saturated rings. The summed E-state index contributed by atoms with van der Waals surface area (Å²) in [6, 6.07) is 5.90. The fraction of sp³-hybridized carbons (Fsp3) is 0.500. The Balaban J connectivity index is 2.34. The average Bonchev–Trinajstić information content (AvgIpc) is 2.21. The van der Waals surface area contributed by atoms with Crippen molar-refractivity contribution in [2.45, 2.75) is 19.1 Å². The van der Waals surface area contributed by atoms with E-state index in [1.54, 1.807) is 20.4 Å². The highest BCUT2D eigenvalue weighted by Crippen LogP contribution is 2.04. The minimum atomic E-state index is -0.123. The lowest BCUT2D eigenvalue weighted by molar-refractivity contribution is -0.105. The molecular weight excluding hydrogens is 166 g/mol. The zero-order chi connectivity index (χ0) is 9.52. The molecule has 0 radical (unpaired) electrons. The van der Waals surface area contributed by atoms with Crippen LogP contribution in [0.25, 0.3) is 0 Å². The Morgan fingerprint density at radius 1 is 1.31 bits per heavy atom. The van der Waals surface area contributed by atoms with Gasteiger partial charge in [0.25, 0.3) is 0 Å². The van der Waals surface area contributed by atoms with Gasteiger partial charge in [0.05, 0.1) is 0 Å². The van der Waals surface area contributed by atoms with E-state index in [4.69, 9.17) is 9.47 Å². The van der Waals surface area contributed by atoms with Crippen LogP contribution >= 0.6 is 0 Å². The molecule has 1 heterocycles. The second-order valence-corrected chi connectivity index (χ2v) is 2.76. The Hall–Kier alpha value is -0.930. The molecule has 0 unspecified atom stereocenters. The van der Waals surface area contributed by atoms with Crippen molar-refractivity contribution >= 4 is 0 Å². The Morgan fingerprint density at radius 3 is 2.62 bits per heavy atom. The SMILES string of the molecule is COC(CCc1ccccn1)OC. The lowest BCUT2D eigenvalue weighted by Gasteiger charge is -2.12. The zero-order valence-electron chi connectivity index (χ0n) is 8.06. The first-order valence-electron chi connectivity index (χ1n) is 4.32. The van der Waals surface area contributed by atoms with E-state index in [9.17, 15) is 0 Å². The van der Waals surface area contributed by atoms with Crippen LogP contribution in [0.4, 0.5) is 0 Å². The Morgan fingerprint density at radius 2 is 2.08 bits per heavy atom. The van der Waals surface area contributed by atoms with Crippen LogP contribution in [0.15, 0.2) is 24.4 Å². The standard InChI is InChI=1S/C10H15NO2/c1-12-10(13-2)7-6-9-5-3-4-8-11-9/h3-5,8,10H,6-7H2,1-2H3. The predicted molar refractivity (Wildman–Crippen MR) is 50.4 cm³/mol. The predicted octanol–water partition coefficient (Wildman–Crippen LogP) is 1.63. The molecule has 0 atom stereocenters. The van der Waals surface area contributed by atoms with Gasteiger partial charge in [-0.3, -0.25) is 4.98 Å². The van der Waals surface area contributed by atoms with Gasteiger partial charge in [-0.1, -0.05) is 6.07 Å². The average molecular weight is 181 g/mol. The van der Waals surface area contributed by atoms with Crippen molar-refractivity contribution in [2.75, 3.05) is 14.2 Å². The molecule has 0 aliphatic carbocycles. The van der Waals surface area contributed by atoms with Crippen molar-refractivity contribution in [2.24, 2.45) is 0 Å². The number of ether oxygens (including phenoxy) is 2. The summed E-state index contributed by atoms with van der Waals surface area (Å²) < 4.78 is 10.1. The van der Waals surface area contributed by atoms with Gasteiger partial charge in [0.1, 0.15) is 0 Å². The molecule has 13 heavy (non-hydrogen) atoms. The fourth-order valence-electron chi connectivity index (χ4n) is 1.14. The molecule has 0 amide bonds. The highest BCUT2D eigenvalue weighted by molar-refractivity contribution is 5.03. The van der Waals surface area contributed by atoms with Crippen LogP contribution in [0.2, 0.25) is 0 Å². The molecule has 0 saturated heterocycles. The third kappa shape index (κ3) is 3.53. The Kier molecular flexibility index (Phi) is 4.43. The molecule has 0 bridgehead atoms. The maximum atomic E-state index is 5.07. The first-order chi connectivity index (χ1) is 6.36. The number of aromatic nitrogens is 1. The summed E-state index contributed by atoms with van der Waals surface area (Å²) in [5.74, 6) is 0. The van der Waals surface area contributed by atoms with Gasteiger partial charge < -0.3 is 9.47 Å². The lowest BCUT2D eigenvalue weighted by Crippen LogP contribution is -2.13. The highest BCUT2D eigenvalue weighted by Gasteiger charge is 2.04. The van der Waals surface area contributed by atoms with Crippen LogP contribution < -0.4 is 0 Å². The molecular formula is C10H15NO2. The van der Waals surface area contributed by atoms with Crippen LogP contribution in [-0.2, 0) is 15.9 Å². The second kappa shape index (κ2) is 5.67. The topological polar surface area (TPSA) is 31.4 Å². The number of pyridine rings is 1. The quantitative estimate of drug-likeness (QED) is 0.647. The van der Waals surface area contributed by atoms with E-state index >= 15 is 0 Å². The van der Waals surface area contributed by atoms with Gasteiger partial charge in [0, 0.05) is 32.5 Å². The van der Waals surface area contributed by atoms with Gasteiger partial charge in [-0.15, -0.1) is 0 Å². The Labute approximate surface area is 78.7 Å². The molecule has 0 N–H and O–H groups in total. The third-order valence-corrected chi connectivity index (χ3v) is 1.89. The second-order valence-electron chi connectivity index (χ2n) is 2.76. The van der Waals surface area contributed by atoms with Crippen molar-refractivity contribution in [3.05, 3.63) is 30.1 Å². The van der Waals surface area contributed by atoms with Gasteiger partial charge in [-0.25, -0.2) is 0 Å². The van der Waals surface area contributed by atoms with Crippen molar-refractivity contribution < 1.29 is 9.47 Å². The summed E-state index contributed by atoms with van der Waals surface area (Å²) in [5, 5.41) is 0. The molecule has 3 nitrogen and oxygen atoms in total. The van der Waals surface area contributed by atoms with Gasteiger partial charge >= 0.3 is 0 Å². The monoisotopic (exact) mass is 181 g/mol. The van der Waals surface area contributed by atoms with E-state index < -0.39 is 0 Å². The summed E-state index contributed by atoms with van der Waals surface area (Å²) >= 11 is 0. The molecule has 0 spiro atoms. The van der Waals surface area contributed by atoms with Crippen LogP contribution in [0.3, 0.4) is 0 Å². The van der Waals surface area contributed by atoms with Crippen molar-refractivity contribution in [1.82, 2.24) is 4.98 Å². The van der Waals surface area contributed by atoms with E-state index in [0.29, 0.717) is 0 Å². The van der Waals surface area contributed by atoms with Crippen LogP contribution in [-0.4, -0.2) is 25.5 Å². The molecule has 72 valence electrons. The highest BCUT2D eigenvalue weighted by atomic mass is 16.7. The van der Waals surface area contributed by atoms with Gasteiger partial charge in [-0.2, -0.15) is 0 Å². The number of aryl methyl sites for hydroxylation is 1. The largest absolute Gasteiger partial charge is 0.356 e. The summed E-state index contributed by atoms with van der Waals surface area (Å²) in [4.78, 5) is 4.21. The number of hydrogen-bond acceptors (Lipinski definition) is 3. The van der Waals surface area contributed by atoms with Gasteiger partial charge in [0.15, 0.2) is 6.29 Å². The number of rotatable bonds is 5. The van der Waals surface area contributed by atoms with E-state index in [2.05, 4.69) is 4.98 Å². The maximum absolute atomic E-state index is 5.07. The smallest absolute Gasteiger partial charge is 0.157 e. The molecule has 0 aliphatic heterocycles. The molecule has 0 aromatic carbocycles. The number of methoxy groups -OCH3 is 2. The first kappa shape index (κ1) is 10.2. The molecule has 3 heteroatoms. The first-order valence-corrected chi connectivity index (χ1v) is 4.32. The van der Waals surface area contributed by atoms with Crippen molar-refractivity contribution in [3.8, 4) is 0 Å². The maximum Gasteiger partial charge on any atom is 0.157 e. The molecule has 1 aromatic heterocycles. The number of nitrogens with zero attached hydrogens (tertiary/aromatic N) is 1. The summed E-state index contributed by atoms with van der Waals surface area (Å²) in [6.45, 7) is 0. The lowest BCUT2D eigenvalue weighted by atomic mass is 10.2. The van der Waals surface area contributed by atoms with E-state index in [1.165, 1.54) is 0 Å². The molecule has 1 aromatic rings. The van der Waals surface area contributed by atoms with Gasteiger partial charge in [0.2, 0.25) is 0 Å². The molecule has 0 saturated carbocycles. The minimum absolute atomic E-state index is 0.123. The van der Waals surface area contributed by atoms with Crippen molar-refractivity contribution in [1.29, 1.82) is 0 Å². The van der Waals surface area contributed by atoms with Crippen LogP contribution in [0, 0.1) is 0 Å². The fourth-order valence-corrected chi connectivity index (χ4v) is 1.14. The Bertz CT molecular complexity index is 222. The summed E-state index contributed by atoms with van der Waals surface area (Å²) in [7, 11) is 3.29. The van der Waals surface area contributed by atoms with E-state index in [1.807, 2.05) is 18.2 Å². The minimum Gasteiger partial charge on any atom is -0.356 e. The summed E-state index contributed by atoms with van der Waals surface area (Å²) in [5.41, 5.74) is 1.07. The van der Waals surface area contributed by atoms with E-state index in [-0.39, 0.29) is 6.29 Å². The van der Waals surface area contributed by atoms with Gasteiger partial charge in [-0.05, 0) is 18.6 Å². The molecule has 0 aliphatic rings. The molecule has 1 rings (SSSR count). The normalized spacial score (nSPS) is 10.7. The number of hydrogen-bond donors (Lipinski definition) is 0. The van der Waals surface area contributed by atoms with Crippen LogP contribution in [0.1, 0.15) is 12.1 Å². The van der Waals surface area contributed by atoms with Crippen LogP contribution in [0.5, 0.6) is 0 Å². The van der Waals surface area contributed by atoms with Crippen molar-refractivity contribution in [3.63, 3.8) is 0 Å². The van der Waals surface area contributed by atoms with E-state index in [0.717, 1.165) is 18.5 Å². The summed E-state index contributed by atoms with van der Waals surface area (Å²) in [6.07, 6.45) is 3.39.